The molecule has 0 aromatic heterocycles. The Bertz CT molecular complexity index is 359. The van der Waals surface area contributed by atoms with Crippen LogP contribution < -0.4 is 0 Å². The van der Waals surface area contributed by atoms with Gasteiger partial charge in [-0.1, -0.05) is 19.9 Å². The van der Waals surface area contributed by atoms with E-state index in [1.165, 1.54) is 5.56 Å². The number of hydrogen-bond donors (Lipinski definition) is 1. The fourth-order valence-electron chi connectivity index (χ4n) is 1.42. The second kappa shape index (κ2) is 5.31. The van der Waals surface area contributed by atoms with E-state index >= 15 is 0 Å². The SMILES string of the molecule is CC(C)c1cc(Br)c(O)c(CCC=O)c1. The molecule has 15 heavy (non-hydrogen) atoms. The largest absolute Gasteiger partial charge is 0.506 e. The van der Waals surface area contributed by atoms with Gasteiger partial charge < -0.3 is 9.90 Å². The molecular weight excluding hydrogens is 256 g/mol. The number of aromatic hydroxyl groups is 1. The maximum Gasteiger partial charge on any atom is 0.132 e. The molecule has 0 spiro atoms. The molecule has 1 N–H and O–H groups in total. The molecular formula is C12H15BrO2. The molecule has 82 valence electrons. The highest BCUT2D eigenvalue weighted by atomic mass is 79.9. The fraction of sp³-hybridized carbons (Fsp3) is 0.417. The molecule has 1 aromatic rings. The van der Waals surface area contributed by atoms with Gasteiger partial charge in [0.05, 0.1) is 4.47 Å². The van der Waals surface area contributed by atoms with Crippen LogP contribution in [0, 0.1) is 0 Å². The second-order valence-electron chi connectivity index (χ2n) is 3.87. The van der Waals surface area contributed by atoms with Crippen molar-refractivity contribution in [2.45, 2.75) is 32.6 Å². The zero-order valence-corrected chi connectivity index (χ0v) is 10.5. The molecule has 0 saturated heterocycles. The minimum Gasteiger partial charge on any atom is -0.506 e. The van der Waals surface area contributed by atoms with Crippen LogP contribution >= 0.6 is 15.9 Å². The number of carbonyl (C=O) groups is 1. The van der Waals surface area contributed by atoms with Crippen molar-refractivity contribution in [1.82, 2.24) is 0 Å². The molecule has 0 radical (unpaired) electrons. The van der Waals surface area contributed by atoms with Crippen LogP contribution in [0.1, 0.15) is 37.3 Å². The highest BCUT2D eigenvalue weighted by molar-refractivity contribution is 9.10. The van der Waals surface area contributed by atoms with Crippen LogP contribution in [0.3, 0.4) is 0 Å². The smallest absolute Gasteiger partial charge is 0.132 e. The van der Waals surface area contributed by atoms with Crippen molar-refractivity contribution in [3.63, 3.8) is 0 Å². The summed E-state index contributed by atoms with van der Waals surface area (Å²) in [6, 6.07) is 3.89. The molecule has 0 fully saturated rings. The van der Waals surface area contributed by atoms with Crippen LogP contribution in [-0.2, 0) is 11.2 Å². The number of benzene rings is 1. The fourth-order valence-corrected chi connectivity index (χ4v) is 1.94. The molecule has 0 aliphatic rings. The topological polar surface area (TPSA) is 37.3 Å². The number of aryl methyl sites for hydroxylation is 1. The summed E-state index contributed by atoms with van der Waals surface area (Å²) in [7, 11) is 0. The lowest BCUT2D eigenvalue weighted by molar-refractivity contribution is -0.107. The summed E-state index contributed by atoms with van der Waals surface area (Å²) in [6.45, 7) is 4.20. The Hall–Kier alpha value is -0.830. The van der Waals surface area contributed by atoms with Gasteiger partial charge in [-0.05, 0) is 45.5 Å². The standard InChI is InChI=1S/C12H15BrO2/c1-8(2)10-6-9(4-3-5-14)12(15)11(13)7-10/h5-8,15H,3-4H2,1-2H3. The van der Waals surface area contributed by atoms with E-state index < -0.39 is 0 Å². The zero-order chi connectivity index (χ0) is 11.4. The summed E-state index contributed by atoms with van der Waals surface area (Å²) in [4.78, 5) is 10.3. The highest BCUT2D eigenvalue weighted by Gasteiger charge is 2.09. The van der Waals surface area contributed by atoms with Crippen LogP contribution in [0.4, 0.5) is 0 Å². The molecule has 0 bridgehead atoms. The van der Waals surface area contributed by atoms with Gasteiger partial charge in [-0.25, -0.2) is 0 Å². The number of hydrogen-bond acceptors (Lipinski definition) is 2. The third-order valence-electron chi connectivity index (χ3n) is 2.36. The van der Waals surface area contributed by atoms with Gasteiger partial charge in [-0.2, -0.15) is 0 Å². The lowest BCUT2D eigenvalue weighted by Gasteiger charge is -2.11. The number of aldehydes is 1. The number of carbonyl (C=O) groups excluding carboxylic acids is 1. The Morgan fingerprint density at radius 3 is 2.67 bits per heavy atom. The van der Waals surface area contributed by atoms with Gasteiger partial charge in [0.2, 0.25) is 0 Å². The Balaban J connectivity index is 3.07. The minimum atomic E-state index is 0.251. The predicted molar refractivity (Wildman–Crippen MR) is 64.3 cm³/mol. The van der Waals surface area contributed by atoms with Gasteiger partial charge in [0.25, 0.3) is 0 Å². The summed E-state index contributed by atoms with van der Waals surface area (Å²) < 4.78 is 0.703. The lowest BCUT2D eigenvalue weighted by Crippen LogP contribution is -1.94. The molecule has 0 unspecified atom stereocenters. The molecule has 0 amide bonds. The molecule has 3 heteroatoms. The predicted octanol–water partition coefficient (Wildman–Crippen LogP) is 3.41. The monoisotopic (exact) mass is 270 g/mol. The van der Waals surface area contributed by atoms with Gasteiger partial charge in [0.1, 0.15) is 12.0 Å². The Labute approximate surface area is 98.4 Å². The molecule has 1 rings (SSSR count). The first kappa shape index (κ1) is 12.2. The molecule has 1 aromatic carbocycles. The van der Waals surface area contributed by atoms with E-state index in [0.717, 1.165) is 11.8 Å². The van der Waals surface area contributed by atoms with Crippen LogP contribution in [0.15, 0.2) is 16.6 Å². The van der Waals surface area contributed by atoms with E-state index in [2.05, 4.69) is 29.8 Å². The third kappa shape index (κ3) is 3.06. The average Bonchev–Trinajstić information content (AvgIpc) is 2.19. The van der Waals surface area contributed by atoms with Crippen molar-refractivity contribution >= 4 is 22.2 Å². The Kier molecular flexibility index (Phi) is 4.33. The zero-order valence-electron chi connectivity index (χ0n) is 8.96. The van der Waals surface area contributed by atoms with Crippen molar-refractivity contribution in [2.24, 2.45) is 0 Å². The van der Waals surface area contributed by atoms with E-state index in [1.807, 2.05) is 12.1 Å². The third-order valence-corrected chi connectivity index (χ3v) is 2.97. The molecule has 0 aliphatic heterocycles. The normalized spacial score (nSPS) is 10.7. The van der Waals surface area contributed by atoms with Crippen LogP contribution in [-0.4, -0.2) is 11.4 Å². The van der Waals surface area contributed by atoms with Crippen molar-refractivity contribution in [3.05, 3.63) is 27.7 Å². The first-order chi connectivity index (χ1) is 7.06. The maximum absolute atomic E-state index is 10.3. The summed E-state index contributed by atoms with van der Waals surface area (Å²) in [6.07, 6.45) is 1.91. The van der Waals surface area contributed by atoms with E-state index in [4.69, 9.17) is 0 Å². The molecule has 0 heterocycles. The second-order valence-corrected chi connectivity index (χ2v) is 4.72. The van der Waals surface area contributed by atoms with E-state index in [-0.39, 0.29) is 5.75 Å². The highest BCUT2D eigenvalue weighted by Crippen LogP contribution is 2.32. The molecule has 2 nitrogen and oxygen atoms in total. The quantitative estimate of drug-likeness (QED) is 0.852. The first-order valence-electron chi connectivity index (χ1n) is 5.01. The molecule has 0 aliphatic carbocycles. The van der Waals surface area contributed by atoms with Crippen molar-refractivity contribution in [3.8, 4) is 5.75 Å². The van der Waals surface area contributed by atoms with E-state index in [0.29, 0.717) is 23.2 Å². The Morgan fingerprint density at radius 1 is 1.47 bits per heavy atom. The number of rotatable bonds is 4. The van der Waals surface area contributed by atoms with Crippen LogP contribution in [0.5, 0.6) is 5.75 Å². The number of halogens is 1. The van der Waals surface area contributed by atoms with Crippen LogP contribution in [0.25, 0.3) is 0 Å². The summed E-state index contributed by atoms with van der Waals surface area (Å²) in [5.41, 5.74) is 2.00. The van der Waals surface area contributed by atoms with Gasteiger partial charge in [0.15, 0.2) is 0 Å². The van der Waals surface area contributed by atoms with Crippen LogP contribution in [0.2, 0.25) is 0 Å². The van der Waals surface area contributed by atoms with Gasteiger partial charge >= 0.3 is 0 Å². The molecule has 0 saturated carbocycles. The van der Waals surface area contributed by atoms with Gasteiger partial charge in [-0.15, -0.1) is 0 Å². The first-order valence-corrected chi connectivity index (χ1v) is 5.80. The van der Waals surface area contributed by atoms with E-state index in [9.17, 15) is 9.90 Å². The number of phenolic OH excluding ortho intramolecular Hbond substituents is 1. The summed E-state index contributed by atoms with van der Waals surface area (Å²) in [5, 5.41) is 9.77. The van der Waals surface area contributed by atoms with Crippen molar-refractivity contribution in [2.75, 3.05) is 0 Å². The lowest BCUT2D eigenvalue weighted by atomic mass is 9.98. The average molecular weight is 271 g/mol. The summed E-state index contributed by atoms with van der Waals surface area (Å²) in [5.74, 6) is 0.665. The number of phenols is 1. The Morgan fingerprint density at radius 2 is 2.13 bits per heavy atom. The summed E-state index contributed by atoms with van der Waals surface area (Å²) >= 11 is 3.32. The van der Waals surface area contributed by atoms with Gasteiger partial charge in [0, 0.05) is 6.42 Å². The van der Waals surface area contributed by atoms with Crippen molar-refractivity contribution in [1.29, 1.82) is 0 Å². The molecule has 0 atom stereocenters. The van der Waals surface area contributed by atoms with E-state index in [1.54, 1.807) is 0 Å². The van der Waals surface area contributed by atoms with Gasteiger partial charge in [-0.3, -0.25) is 0 Å². The maximum atomic E-state index is 10.3. The van der Waals surface area contributed by atoms with Crippen molar-refractivity contribution < 1.29 is 9.90 Å². The minimum absolute atomic E-state index is 0.251.